The van der Waals surface area contributed by atoms with Crippen LogP contribution >= 0.6 is 0 Å². The quantitative estimate of drug-likeness (QED) is 0.443. The average Bonchev–Trinajstić information content (AvgIpc) is 3.16. The second-order valence-electron chi connectivity index (χ2n) is 7.24. The van der Waals surface area contributed by atoms with Gasteiger partial charge in [-0.3, -0.25) is 9.97 Å². The Balaban J connectivity index is 1.63. The Labute approximate surface area is 177 Å². The van der Waals surface area contributed by atoms with Gasteiger partial charge in [0.05, 0.1) is 12.1 Å². The van der Waals surface area contributed by atoms with Gasteiger partial charge in [-0.05, 0) is 60.4 Å². The Morgan fingerprint density at radius 2 is 1.68 bits per heavy atom. The molecule has 0 aliphatic carbocycles. The van der Waals surface area contributed by atoms with E-state index in [0.29, 0.717) is 42.3 Å². The molecule has 0 saturated heterocycles. The van der Waals surface area contributed by atoms with E-state index in [9.17, 15) is 13.2 Å². The van der Waals surface area contributed by atoms with Crippen molar-refractivity contribution in [2.24, 2.45) is 0 Å². The van der Waals surface area contributed by atoms with Crippen molar-refractivity contribution in [3.8, 4) is 11.5 Å². The van der Waals surface area contributed by atoms with Gasteiger partial charge in [-0.15, -0.1) is 10.2 Å². The summed E-state index contributed by atoms with van der Waals surface area (Å²) in [6.07, 6.45) is 1.61. The van der Waals surface area contributed by atoms with Gasteiger partial charge in [0.25, 0.3) is 0 Å². The summed E-state index contributed by atoms with van der Waals surface area (Å²) in [4.78, 5) is 8.41. The number of nitrogens with zero attached hydrogens (tertiary/aromatic N) is 5. The molecule has 0 atom stereocenters. The Hall–Kier alpha value is -3.55. The second-order valence-corrected chi connectivity index (χ2v) is 7.24. The van der Waals surface area contributed by atoms with Gasteiger partial charge in [0.2, 0.25) is 0 Å². The van der Waals surface area contributed by atoms with Crippen molar-refractivity contribution in [3.05, 3.63) is 95.2 Å². The fourth-order valence-corrected chi connectivity index (χ4v) is 3.43. The van der Waals surface area contributed by atoms with Gasteiger partial charge in [-0.2, -0.15) is 13.2 Å². The molecule has 3 heterocycles. The minimum absolute atomic E-state index is 0.217. The molecule has 0 bridgehead atoms. The van der Waals surface area contributed by atoms with E-state index in [1.807, 2.05) is 34.9 Å². The van der Waals surface area contributed by atoms with Crippen LogP contribution < -0.4 is 0 Å². The van der Waals surface area contributed by atoms with Crippen molar-refractivity contribution in [2.45, 2.75) is 32.5 Å². The molecule has 0 fully saturated rings. The predicted octanol–water partition coefficient (Wildman–Crippen LogP) is 4.90. The van der Waals surface area contributed by atoms with E-state index in [4.69, 9.17) is 0 Å². The zero-order valence-corrected chi connectivity index (χ0v) is 16.8. The first-order valence-corrected chi connectivity index (χ1v) is 9.81. The van der Waals surface area contributed by atoms with Gasteiger partial charge < -0.3 is 4.57 Å². The van der Waals surface area contributed by atoms with Crippen LogP contribution in [0.3, 0.4) is 0 Å². The number of rotatable bonds is 6. The van der Waals surface area contributed by atoms with E-state index in [1.54, 1.807) is 24.7 Å². The lowest BCUT2D eigenvalue weighted by atomic mass is 10.0. The fraction of sp³-hybridized carbons (Fsp3) is 0.217. The lowest BCUT2D eigenvalue weighted by Gasteiger charge is -2.13. The van der Waals surface area contributed by atoms with E-state index in [2.05, 4.69) is 20.2 Å². The largest absolute Gasteiger partial charge is 0.416 e. The van der Waals surface area contributed by atoms with Crippen LogP contribution in [0.5, 0.6) is 0 Å². The van der Waals surface area contributed by atoms with Crippen molar-refractivity contribution in [1.82, 2.24) is 24.7 Å². The smallest absolute Gasteiger partial charge is 0.305 e. The zero-order valence-electron chi connectivity index (χ0n) is 16.8. The van der Waals surface area contributed by atoms with Gasteiger partial charge in [0, 0.05) is 25.0 Å². The number of pyridine rings is 2. The van der Waals surface area contributed by atoms with E-state index in [1.165, 1.54) is 19.1 Å². The van der Waals surface area contributed by atoms with Crippen LogP contribution in [0.4, 0.5) is 13.2 Å². The van der Waals surface area contributed by atoms with E-state index < -0.39 is 11.7 Å². The van der Waals surface area contributed by atoms with Crippen LogP contribution in [0.2, 0.25) is 0 Å². The molecule has 5 nitrogen and oxygen atoms in total. The molecule has 0 spiro atoms. The maximum Gasteiger partial charge on any atom is 0.416 e. The lowest BCUT2D eigenvalue weighted by Crippen LogP contribution is -2.10. The molecule has 4 aromatic rings. The fourth-order valence-electron chi connectivity index (χ4n) is 3.43. The number of hydrogen-bond donors (Lipinski definition) is 0. The molecule has 3 aromatic heterocycles. The maximum absolute atomic E-state index is 13.3. The normalized spacial score (nSPS) is 11.6. The molecule has 1 aromatic carbocycles. The molecular weight excluding hydrogens is 403 g/mol. The Morgan fingerprint density at radius 1 is 0.871 bits per heavy atom. The predicted molar refractivity (Wildman–Crippen MR) is 110 cm³/mol. The monoisotopic (exact) mass is 423 g/mol. The van der Waals surface area contributed by atoms with Gasteiger partial charge in [-0.25, -0.2) is 0 Å². The molecule has 0 saturated carbocycles. The first-order chi connectivity index (χ1) is 14.9. The SMILES string of the molecule is Cc1ccc(CCc2nnc(-c3ccccn3)n2Cc2ccncc2)cc1C(F)(F)F. The first-order valence-electron chi connectivity index (χ1n) is 9.81. The van der Waals surface area contributed by atoms with Crippen molar-refractivity contribution in [3.63, 3.8) is 0 Å². The molecule has 0 unspecified atom stereocenters. The van der Waals surface area contributed by atoms with Crippen LogP contribution in [0, 0.1) is 6.92 Å². The average molecular weight is 423 g/mol. The van der Waals surface area contributed by atoms with Crippen molar-refractivity contribution in [2.75, 3.05) is 0 Å². The molecule has 8 heteroatoms. The molecule has 0 radical (unpaired) electrons. The summed E-state index contributed by atoms with van der Waals surface area (Å²) < 4.78 is 41.7. The Morgan fingerprint density at radius 3 is 2.39 bits per heavy atom. The molecule has 0 amide bonds. The van der Waals surface area contributed by atoms with Crippen molar-refractivity contribution >= 4 is 0 Å². The molecule has 0 N–H and O–H groups in total. The third kappa shape index (κ3) is 4.79. The highest BCUT2D eigenvalue weighted by Crippen LogP contribution is 2.32. The number of aromatic nitrogens is 5. The summed E-state index contributed by atoms with van der Waals surface area (Å²) in [5, 5.41) is 8.65. The molecule has 0 aliphatic heterocycles. The topological polar surface area (TPSA) is 56.5 Å². The number of hydrogen-bond acceptors (Lipinski definition) is 4. The maximum atomic E-state index is 13.3. The Bertz CT molecular complexity index is 1160. The van der Waals surface area contributed by atoms with Crippen molar-refractivity contribution in [1.29, 1.82) is 0 Å². The number of alkyl halides is 3. The lowest BCUT2D eigenvalue weighted by molar-refractivity contribution is -0.138. The van der Waals surface area contributed by atoms with Crippen LogP contribution in [0.1, 0.15) is 28.1 Å². The summed E-state index contributed by atoms with van der Waals surface area (Å²) in [7, 11) is 0. The molecule has 158 valence electrons. The van der Waals surface area contributed by atoms with Crippen LogP contribution in [-0.4, -0.2) is 24.7 Å². The van der Waals surface area contributed by atoms with Gasteiger partial charge in [-0.1, -0.05) is 18.2 Å². The van der Waals surface area contributed by atoms with E-state index in [-0.39, 0.29) is 5.56 Å². The zero-order chi connectivity index (χ0) is 21.8. The van der Waals surface area contributed by atoms with E-state index in [0.717, 1.165) is 5.56 Å². The minimum atomic E-state index is -4.37. The highest BCUT2D eigenvalue weighted by atomic mass is 19.4. The second kappa shape index (κ2) is 8.67. The van der Waals surface area contributed by atoms with Gasteiger partial charge in [0.15, 0.2) is 5.82 Å². The van der Waals surface area contributed by atoms with Crippen LogP contribution in [-0.2, 0) is 25.6 Å². The highest BCUT2D eigenvalue weighted by molar-refractivity contribution is 5.49. The summed E-state index contributed by atoms with van der Waals surface area (Å²) in [5.74, 6) is 1.30. The third-order valence-electron chi connectivity index (χ3n) is 5.06. The van der Waals surface area contributed by atoms with Crippen LogP contribution in [0.15, 0.2) is 67.1 Å². The number of aryl methyl sites for hydroxylation is 3. The van der Waals surface area contributed by atoms with Gasteiger partial charge >= 0.3 is 6.18 Å². The first kappa shape index (κ1) is 20.7. The summed E-state index contributed by atoms with van der Waals surface area (Å²) in [6, 6.07) is 13.8. The standard InChI is InChI=1S/C23H20F3N5/c1-16-5-6-17(14-19(16)23(24,25)26)7-8-21-29-30-22(20-4-2-3-11-28-20)31(21)15-18-9-12-27-13-10-18/h2-6,9-14H,7-8,15H2,1H3. The number of halogens is 3. The number of benzene rings is 1. The molecular formula is C23H20F3N5. The van der Waals surface area contributed by atoms with Gasteiger partial charge in [0.1, 0.15) is 11.5 Å². The van der Waals surface area contributed by atoms with E-state index >= 15 is 0 Å². The Kier molecular flexibility index (Phi) is 5.79. The molecule has 0 aliphatic rings. The van der Waals surface area contributed by atoms with Crippen LogP contribution in [0.25, 0.3) is 11.5 Å². The summed E-state index contributed by atoms with van der Waals surface area (Å²) in [6.45, 7) is 1.98. The third-order valence-corrected chi connectivity index (χ3v) is 5.06. The molecule has 4 rings (SSSR count). The summed E-state index contributed by atoms with van der Waals surface area (Å²) in [5.41, 5.74) is 1.93. The highest BCUT2D eigenvalue weighted by Gasteiger charge is 2.32. The van der Waals surface area contributed by atoms with Crippen molar-refractivity contribution < 1.29 is 13.2 Å². The minimum Gasteiger partial charge on any atom is -0.305 e. The summed E-state index contributed by atoms with van der Waals surface area (Å²) >= 11 is 0. The molecule has 31 heavy (non-hydrogen) atoms.